The van der Waals surface area contributed by atoms with Crippen LogP contribution in [0.2, 0.25) is 0 Å². The van der Waals surface area contributed by atoms with Crippen LogP contribution in [0, 0.1) is 16.7 Å². The van der Waals surface area contributed by atoms with Crippen molar-refractivity contribution in [3.05, 3.63) is 23.9 Å². The Morgan fingerprint density at radius 2 is 1.88 bits per heavy atom. The highest BCUT2D eigenvalue weighted by Gasteiger charge is 2.49. The van der Waals surface area contributed by atoms with Crippen LogP contribution < -0.4 is 10.2 Å². The van der Waals surface area contributed by atoms with Crippen molar-refractivity contribution in [2.45, 2.75) is 66.1 Å². The quantitative estimate of drug-likeness (QED) is 0.708. The maximum absolute atomic E-state index is 13.7. The Labute approximate surface area is 189 Å². The molecule has 0 unspecified atom stereocenters. The summed E-state index contributed by atoms with van der Waals surface area (Å²) in [7, 11) is 0. The van der Waals surface area contributed by atoms with Gasteiger partial charge in [-0.3, -0.25) is 4.79 Å². The first-order chi connectivity index (χ1) is 14.8. The van der Waals surface area contributed by atoms with E-state index < -0.39 is 11.7 Å². The van der Waals surface area contributed by atoms with Gasteiger partial charge in [0.25, 0.3) is 0 Å². The average molecular weight is 455 g/mol. The van der Waals surface area contributed by atoms with Gasteiger partial charge in [0.2, 0.25) is 5.91 Å². The molecule has 2 fully saturated rings. The lowest BCUT2D eigenvalue weighted by Crippen LogP contribution is -2.54. The Kier molecular flexibility index (Phi) is 7.13. The van der Waals surface area contributed by atoms with Crippen LogP contribution in [0.1, 0.15) is 59.4 Å². The predicted octanol–water partition coefficient (Wildman–Crippen LogP) is 4.58. The molecule has 32 heavy (non-hydrogen) atoms. The van der Waals surface area contributed by atoms with Crippen LogP contribution in [-0.2, 0) is 11.0 Å². The maximum atomic E-state index is 13.7. The summed E-state index contributed by atoms with van der Waals surface area (Å²) in [5, 5.41) is 3.66. The van der Waals surface area contributed by atoms with Gasteiger partial charge in [0.15, 0.2) is 0 Å². The molecule has 180 valence electrons. The summed E-state index contributed by atoms with van der Waals surface area (Å²) < 4.78 is 39.1. The Morgan fingerprint density at radius 1 is 1.22 bits per heavy atom. The minimum atomic E-state index is -4.39. The van der Waals surface area contributed by atoms with Crippen molar-refractivity contribution >= 4 is 11.7 Å². The molecule has 1 saturated carbocycles. The second kappa shape index (κ2) is 9.20. The number of piperazine rings is 1. The number of amides is 1. The van der Waals surface area contributed by atoms with Crippen LogP contribution in [0.3, 0.4) is 0 Å². The van der Waals surface area contributed by atoms with E-state index in [4.69, 9.17) is 0 Å². The van der Waals surface area contributed by atoms with Crippen LogP contribution in [0.15, 0.2) is 18.3 Å². The van der Waals surface area contributed by atoms with Gasteiger partial charge in [-0.15, -0.1) is 0 Å². The van der Waals surface area contributed by atoms with E-state index in [1.54, 1.807) is 0 Å². The fraction of sp³-hybridized carbons (Fsp3) is 0.750. The molecule has 1 saturated heterocycles. The molecule has 1 amide bonds. The van der Waals surface area contributed by atoms with Crippen molar-refractivity contribution in [1.29, 1.82) is 0 Å². The molecule has 2 aliphatic rings. The van der Waals surface area contributed by atoms with Crippen molar-refractivity contribution in [1.82, 2.24) is 15.2 Å². The molecule has 5 nitrogen and oxygen atoms in total. The Hall–Kier alpha value is -1.83. The minimum absolute atomic E-state index is 0.195. The molecular weight excluding hydrogens is 417 g/mol. The zero-order valence-electron chi connectivity index (χ0n) is 19.9. The fourth-order valence-corrected chi connectivity index (χ4v) is 4.89. The van der Waals surface area contributed by atoms with Crippen molar-refractivity contribution in [2.24, 2.45) is 16.7 Å². The number of alkyl halides is 3. The number of carbonyl (C=O) groups excluding carboxylic acids is 1. The summed E-state index contributed by atoms with van der Waals surface area (Å²) in [6, 6.07) is 2.42. The van der Waals surface area contributed by atoms with Gasteiger partial charge < -0.3 is 15.1 Å². The monoisotopic (exact) mass is 454 g/mol. The van der Waals surface area contributed by atoms with E-state index in [0.29, 0.717) is 38.0 Å². The molecule has 0 radical (unpaired) electrons. The zero-order chi connectivity index (χ0) is 23.7. The minimum Gasteiger partial charge on any atom is -0.353 e. The van der Waals surface area contributed by atoms with Gasteiger partial charge in [-0.1, -0.05) is 34.6 Å². The summed E-state index contributed by atoms with van der Waals surface area (Å²) in [5.41, 5.74) is -0.868. The Bertz CT molecular complexity index is 797. The number of aromatic nitrogens is 1. The summed E-state index contributed by atoms with van der Waals surface area (Å²) in [6.07, 6.45) is -0.477. The van der Waals surface area contributed by atoms with E-state index in [2.05, 4.69) is 44.9 Å². The summed E-state index contributed by atoms with van der Waals surface area (Å²) in [4.78, 5) is 21.5. The molecule has 0 spiro atoms. The molecular formula is C24H37F3N4O. The largest absolute Gasteiger partial charge is 0.416 e. The molecule has 1 aromatic rings. The highest BCUT2D eigenvalue weighted by Crippen LogP contribution is 2.46. The summed E-state index contributed by atoms with van der Waals surface area (Å²) in [5.74, 6) is 0.751. The lowest BCUT2D eigenvalue weighted by molar-refractivity contribution is -0.145. The molecule has 2 atom stereocenters. The highest BCUT2D eigenvalue weighted by atomic mass is 19.4. The van der Waals surface area contributed by atoms with Crippen molar-refractivity contribution < 1.29 is 18.0 Å². The molecule has 3 rings (SSSR count). The van der Waals surface area contributed by atoms with E-state index in [0.717, 1.165) is 37.9 Å². The van der Waals surface area contributed by atoms with E-state index >= 15 is 0 Å². The van der Waals surface area contributed by atoms with Gasteiger partial charge in [0.1, 0.15) is 5.82 Å². The van der Waals surface area contributed by atoms with Crippen LogP contribution in [-0.4, -0.2) is 54.6 Å². The topological polar surface area (TPSA) is 48.5 Å². The van der Waals surface area contributed by atoms with Crippen LogP contribution in [0.25, 0.3) is 0 Å². The maximum Gasteiger partial charge on any atom is 0.416 e. The number of pyridine rings is 1. The third-order valence-corrected chi connectivity index (χ3v) is 6.97. The first kappa shape index (κ1) is 24.8. The molecule has 1 aromatic heterocycles. The first-order valence-corrected chi connectivity index (χ1v) is 11.6. The van der Waals surface area contributed by atoms with Crippen LogP contribution in [0.5, 0.6) is 0 Å². The Morgan fingerprint density at radius 3 is 2.44 bits per heavy atom. The second-order valence-electron chi connectivity index (χ2n) is 10.9. The average Bonchev–Trinajstić information content (AvgIpc) is 3.17. The smallest absolute Gasteiger partial charge is 0.353 e. The molecule has 1 N–H and O–H groups in total. The molecule has 8 heteroatoms. The summed E-state index contributed by atoms with van der Waals surface area (Å²) >= 11 is 0. The number of hydrogen-bond donors (Lipinski definition) is 1. The van der Waals surface area contributed by atoms with Gasteiger partial charge in [-0.25, -0.2) is 4.98 Å². The molecule has 1 aliphatic carbocycles. The van der Waals surface area contributed by atoms with Gasteiger partial charge in [0, 0.05) is 45.0 Å². The number of nitrogens with zero attached hydrogens (tertiary/aromatic N) is 3. The number of hydrogen-bond acceptors (Lipinski definition) is 4. The summed E-state index contributed by atoms with van der Waals surface area (Å²) in [6.45, 7) is 13.8. The normalized spacial score (nSPS) is 25.0. The van der Waals surface area contributed by atoms with E-state index in [1.165, 1.54) is 6.20 Å². The van der Waals surface area contributed by atoms with Gasteiger partial charge in [-0.05, 0) is 42.7 Å². The number of nitrogens with one attached hydrogen (secondary N) is 1. The third-order valence-electron chi connectivity index (χ3n) is 6.97. The fourth-order valence-electron chi connectivity index (χ4n) is 4.89. The molecule has 1 aliphatic heterocycles. The number of carbonyl (C=O) groups is 1. The number of halogens is 3. The number of anilines is 1. The van der Waals surface area contributed by atoms with Crippen molar-refractivity contribution in [3.63, 3.8) is 0 Å². The van der Waals surface area contributed by atoms with Gasteiger partial charge in [-0.2, -0.15) is 13.2 Å². The highest BCUT2D eigenvalue weighted by molar-refractivity contribution is 5.83. The molecule has 0 aromatic carbocycles. The van der Waals surface area contributed by atoms with E-state index in [-0.39, 0.29) is 22.7 Å². The SMILES string of the molecule is CC(C)[C@]1(C(=O)N2CCN(c3cc(C(F)(F)F)ccn3)CC2)CC[C@@H](NCC(C)(C)C)C1. The van der Waals surface area contributed by atoms with E-state index in [9.17, 15) is 18.0 Å². The standard InChI is InChI=1S/C24H37F3N4O/c1-17(2)23(8-6-19(15-23)29-16-22(3,4)5)21(32)31-12-10-30(11-13-31)20-14-18(7-9-28-20)24(25,26)27/h7,9,14,17,19,29H,6,8,10-13,15-16H2,1-5H3/t19-,23+/m1/s1. The number of rotatable bonds is 5. The Balaban J connectivity index is 1.64. The third kappa shape index (κ3) is 5.56. The van der Waals surface area contributed by atoms with Crippen molar-refractivity contribution in [3.8, 4) is 0 Å². The molecule has 0 bridgehead atoms. The first-order valence-electron chi connectivity index (χ1n) is 11.6. The van der Waals surface area contributed by atoms with Crippen molar-refractivity contribution in [2.75, 3.05) is 37.6 Å². The lowest BCUT2D eigenvalue weighted by Gasteiger charge is -2.42. The lowest BCUT2D eigenvalue weighted by atomic mass is 9.74. The van der Waals surface area contributed by atoms with Gasteiger partial charge in [0.05, 0.1) is 11.0 Å². The van der Waals surface area contributed by atoms with Gasteiger partial charge >= 0.3 is 6.18 Å². The van der Waals surface area contributed by atoms with Crippen LogP contribution in [0.4, 0.5) is 19.0 Å². The van der Waals surface area contributed by atoms with Crippen LogP contribution >= 0.6 is 0 Å². The predicted molar refractivity (Wildman–Crippen MR) is 120 cm³/mol. The second-order valence-corrected chi connectivity index (χ2v) is 10.9. The van der Waals surface area contributed by atoms with E-state index in [1.807, 2.05) is 9.80 Å². The molecule has 2 heterocycles. The zero-order valence-corrected chi connectivity index (χ0v) is 19.9.